The number of hydrogen-bond acceptors (Lipinski definition) is 6. The molecule has 8 nitrogen and oxygen atoms in total. The molecule has 0 aliphatic carbocycles. The van der Waals surface area contributed by atoms with Crippen LogP contribution < -0.4 is 29.7 Å². The molecule has 46 heavy (non-hydrogen) atoms. The summed E-state index contributed by atoms with van der Waals surface area (Å²) in [6.45, 7) is 1.81. The van der Waals surface area contributed by atoms with Crippen molar-refractivity contribution in [3.05, 3.63) is 145 Å². The number of methoxy groups -OCH3 is 2. The van der Waals surface area contributed by atoms with E-state index in [2.05, 4.69) is 10.3 Å². The molecule has 7 rings (SSSR count). The predicted octanol–water partition coefficient (Wildman–Crippen LogP) is 6.04. The maximum Gasteiger partial charge on any atom is 0.271 e. The van der Waals surface area contributed by atoms with Crippen molar-refractivity contribution in [2.24, 2.45) is 4.99 Å². The number of allylic oxidation sites excluding steroid dienone is 1. The number of carbonyl (C=O) groups excluding carboxylic acids is 1. The summed E-state index contributed by atoms with van der Waals surface area (Å²) in [5.41, 5.74) is 5.79. The van der Waals surface area contributed by atoms with Crippen LogP contribution in [0.25, 0.3) is 28.2 Å². The highest BCUT2D eigenvalue weighted by Crippen LogP contribution is 2.34. The molecule has 6 aromatic rings. The minimum Gasteiger partial charge on any atom is -0.497 e. The van der Waals surface area contributed by atoms with Crippen LogP contribution in [0.4, 0.5) is 5.69 Å². The largest absolute Gasteiger partial charge is 0.497 e. The van der Waals surface area contributed by atoms with Gasteiger partial charge in [-0.1, -0.05) is 72.0 Å². The van der Waals surface area contributed by atoms with Gasteiger partial charge in [0.15, 0.2) is 4.80 Å². The standard InChI is InChI=1S/C37H30N4O4S/c1-22-32(35(42)39-25-12-8-5-9-13-25)34(24-14-16-26(44-2)17-15-24)41-36(43)31(46-37(41)38-22)21-29-28-20-27(45-3)18-19-30(28)40-33(29)23-10-6-4-7-11-23/h4-21,34,40H,1-3H3,(H,39,42)/b31-21+/t34-/m1/s1. The summed E-state index contributed by atoms with van der Waals surface area (Å²) in [6, 6.07) is 31.8. The van der Waals surface area contributed by atoms with Crippen molar-refractivity contribution in [2.75, 3.05) is 19.5 Å². The number of thiazole rings is 1. The zero-order valence-corrected chi connectivity index (χ0v) is 26.2. The summed E-state index contributed by atoms with van der Waals surface area (Å²) in [5, 5.41) is 3.92. The number of hydrogen-bond donors (Lipinski definition) is 2. The van der Waals surface area contributed by atoms with Gasteiger partial charge in [-0.05, 0) is 66.6 Å². The van der Waals surface area contributed by atoms with E-state index in [1.807, 2.05) is 116 Å². The van der Waals surface area contributed by atoms with Gasteiger partial charge in [-0.25, -0.2) is 4.99 Å². The molecule has 2 aromatic heterocycles. The van der Waals surface area contributed by atoms with Gasteiger partial charge < -0.3 is 19.8 Å². The zero-order valence-electron chi connectivity index (χ0n) is 25.4. The number of fused-ring (bicyclic) bond motifs is 2. The van der Waals surface area contributed by atoms with Crippen molar-refractivity contribution >= 4 is 39.9 Å². The predicted molar refractivity (Wildman–Crippen MR) is 182 cm³/mol. The summed E-state index contributed by atoms with van der Waals surface area (Å²) in [7, 11) is 3.24. The highest BCUT2D eigenvalue weighted by molar-refractivity contribution is 7.07. The van der Waals surface area contributed by atoms with E-state index in [4.69, 9.17) is 14.5 Å². The summed E-state index contributed by atoms with van der Waals surface area (Å²) in [4.78, 5) is 37.2. The first-order valence-corrected chi connectivity index (χ1v) is 15.5. The monoisotopic (exact) mass is 626 g/mol. The normalized spacial score (nSPS) is 14.6. The number of rotatable bonds is 7. The second kappa shape index (κ2) is 12.0. The Morgan fingerprint density at radius 3 is 2.28 bits per heavy atom. The van der Waals surface area contributed by atoms with Gasteiger partial charge in [-0.2, -0.15) is 0 Å². The average molecular weight is 627 g/mol. The number of nitrogens with zero attached hydrogens (tertiary/aromatic N) is 2. The van der Waals surface area contributed by atoms with E-state index in [0.29, 0.717) is 37.8 Å². The third kappa shape index (κ3) is 5.20. The number of para-hydroxylation sites is 1. The minimum atomic E-state index is -0.704. The molecular formula is C37H30N4O4S. The van der Waals surface area contributed by atoms with Crippen LogP contribution in [-0.2, 0) is 4.79 Å². The summed E-state index contributed by atoms with van der Waals surface area (Å²) < 4.78 is 13.1. The van der Waals surface area contributed by atoms with Crippen LogP contribution in [0.2, 0.25) is 0 Å². The molecule has 1 atom stereocenters. The molecule has 2 N–H and O–H groups in total. The van der Waals surface area contributed by atoms with E-state index in [0.717, 1.165) is 33.3 Å². The smallest absolute Gasteiger partial charge is 0.271 e. The van der Waals surface area contributed by atoms with Gasteiger partial charge in [0.2, 0.25) is 0 Å². The number of amides is 1. The van der Waals surface area contributed by atoms with E-state index < -0.39 is 6.04 Å². The first-order valence-electron chi connectivity index (χ1n) is 14.7. The van der Waals surface area contributed by atoms with E-state index in [9.17, 15) is 9.59 Å². The molecule has 0 bridgehead atoms. The van der Waals surface area contributed by atoms with E-state index in [1.165, 1.54) is 11.3 Å². The highest BCUT2D eigenvalue weighted by atomic mass is 32.1. The van der Waals surface area contributed by atoms with Crippen LogP contribution in [0.3, 0.4) is 0 Å². The lowest BCUT2D eigenvalue weighted by Gasteiger charge is -2.25. The Morgan fingerprint density at radius 2 is 1.59 bits per heavy atom. The maximum atomic E-state index is 14.5. The van der Waals surface area contributed by atoms with Crippen molar-refractivity contribution in [3.63, 3.8) is 0 Å². The Bertz CT molecular complexity index is 2300. The van der Waals surface area contributed by atoms with Crippen molar-refractivity contribution in [2.45, 2.75) is 13.0 Å². The molecule has 228 valence electrons. The molecule has 0 radical (unpaired) electrons. The van der Waals surface area contributed by atoms with Gasteiger partial charge in [0, 0.05) is 22.2 Å². The van der Waals surface area contributed by atoms with Crippen molar-refractivity contribution < 1.29 is 14.3 Å². The van der Waals surface area contributed by atoms with Gasteiger partial charge >= 0.3 is 0 Å². The van der Waals surface area contributed by atoms with Crippen LogP contribution in [0.1, 0.15) is 24.1 Å². The number of carbonyl (C=O) groups is 1. The topological polar surface area (TPSA) is 97.7 Å². The van der Waals surface area contributed by atoms with Gasteiger partial charge in [0.25, 0.3) is 11.5 Å². The molecule has 4 aromatic carbocycles. The fraction of sp³-hybridized carbons (Fsp3) is 0.108. The molecule has 9 heteroatoms. The third-order valence-electron chi connectivity index (χ3n) is 8.11. The molecule has 0 saturated carbocycles. The second-order valence-corrected chi connectivity index (χ2v) is 11.9. The minimum absolute atomic E-state index is 0.238. The third-order valence-corrected chi connectivity index (χ3v) is 9.10. The Labute approximate surface area is 268 Å². The molecule has 1 aliphatic rings. The summed E-state index contributed by atoms with van der Waals surface area (Å²) in [5.74, 6) is 1.07. The molecule has 0 fully saturated rings. The highest BCUT2D eigenvalue weighted by Gasteiger charge is 2.32. The fourth-order valence-electron chi connectivity index (χ4n) is 5.87. The first kappa shape index (κ1) is 29.1. The SMILES string of the molecule is COc1ccc([C@@H]2C(C(=O)Nc3ccccc3)=C(C)N=c3s/c(=C/c4c(-c5ccccc5)[nH]c5ccc(OC)cc45)c(=O)n32)cc1. The fourth-order valence-corrected chi connectivity index (χ4v) is 6.89. The van der Waals surface area contributed by atoms with Crippen LogP contribution in [0, 0.1) is 0 Å². The average Bonchev–Trinajstić information content (AvgIpc) is 3.60. The Morgan fingerprint density at radius 1 is 0.913 bits per heavy atom. The molecule has 0 spiro atoms. The lowest BCUT2D eigenvalue weighted by molar-refractivity contribution is -0.113. The van der Waals surface area contributed by atoms with Crippen LogP contribution in [0.5, 0.6) is 11.5 Å². The van der Waals surface area contributed by atoms with E-state index in [1.54, 1.807) is 18.8 Å². The lowest BCUT2D eigenvalue weighted by atomic mass is 9.95. The van der Waals surface area contributed by atoms with Gasteiger partial charge in [-0.15, -0.1) is 0 Å². The molecule has 0 saturated heterocycles. The van der Waals surface area contributed by atoms with Crippen molar-refractivity contribution in [1.29, 1.82) is 0 Å². The molecule has 3 heterocycles. The van der Waals surface area contributed by atoms with Crippen molar-refractivity contribution in [1.82, 2.24) is 9.55 Å². The maximum absolute atomic E-state index is 14.5. The van der Waals surface area contributed by atoms with Gasteiger partial charge in [0.05, 0.1) is 41.8 Å². The summed E-state index contributed by atoms with van der Waals surface area (Å²) in [6.07, 6.45) is 1.92. The summed E-state index contributed by atoms with van der Waals surface area (Å²) >= 11 is 1.30. The van der Waals surface area contributed by atoms with Crippen LogP contribution >= 0.6 is 11.3 Å². The number of anilines is 1. The number of benzene rings is 4. The first-order chi connectivity index (χ1) is 22.4. The Balaban J connectivity index is 1.43. The van der Waals surface area contributed by atoms with E-state index >= 15 is 0 Å². The molecule has 1 amide bonds. The molecular weight excluding hydrogens is 596 g/mol. The lowest BCUT2D eigenvalue weighted by Crippen LogP contribution is -2.40. The second-order valence-electron chi connectivity index (χ2n) is 10.9. The van der Waals surface area contributed by atoms with Gasteiger partial charge in [0.1, 0.15) is 11.5 Å². The number of aromatic amines is 1. The number of ether oxygens (including phenoxy) is 2. The zero-order chi connectivity index (χ0) is 31.8. The number of aromatic nitrogens is 2. The Hall–Kier alpha value is -5.67. The van der Waals surface area contributed by atoms with Crippen molar-refractivity contribution in [3.8, 4) is 22.8 Å². The molecule has 1 aliphatic heterocycles. The number of nitrogens with one attached hydrogen (secondary N) is 2. The quantitative estimate of drug-likeness (QED) is 0.226. The van der Waals surface area contributed by atoms with Crippen LogP contribution in [0.15, 0.2) is 124 Å². The van der Waals surface area contributed by atoms with E-state index in [-0.39, 0.29) is 11.5 Å². The molecule has 0 unspecified atom stereocenters. The van der Waals surface area contributed by atoms with Crippen LogP contribution in [-0.4, -0.2) is 29.7 Å². The number of H-pyrrole nitrogens is 1. The van der Waals surface area contributed by atoms with Gasteiger partial charge in [-0.3, -0.25) is 14.2 Å². The Kier molecular flexibility index (Phi) is 7.60.